The normalized spacial score (nSPS) is 57.6. The summed E-state index contributed by atoms with van der Waals surface area (Å²) < 4.78 is 0. The second-order valence-electron chi connectivity index (χ2n) is 4.59. The summed E-state index contributed by atoms with van der Waals surface area (Å²) in [7, 11) is 0. The van der Waals surface area contributed by atoms with Crippen molar-refractivity contribution in [3.63, 3.8) is 0 Å². The third-order valence-electron chi connectivity index (χ3n) is 4.15. The van der Waals surface area contributed by atoms with E-state index in [-0.39, 0.29) is 0 Å². The van der Waals surface area contributed by atoms with Crippen molar-refractivity contribution >= 4 is 0 Å². The van der Waals surface area contributed by atoms with Gasteiger partial charge in [0, 0.05) is 0 Å². The van der Waals surface area contributed by atoms with Crippen LogP contribution in [0.5, 0.6) is 0 Å². The molecule has 0 nitrogen and oxygen atoms in total. The summed E-state index contributed by atoms with van der Waals surface area (Å²) in [5.74, 6) is 4.82. The molecule has 0 aromatic heterocycles. The van der Waals surface area contributed by atoms with Crippen molar-refractivity contribution in [3.05, 3.63) is 0 Å². The zero-order valence-electron chi connectivity index (χ0n) is 6.55. The number of hydrogen-bond donors (Lipinski definition) is 0. The number of hydrogen-bond acceptors (Lipinski definition) is 0. The Bertz CT molecular complexity index is 150. The molecule has 2 unspecified atom stereocenters. The van der Waals surface area contributed by atoms with Crippen molar-refractivity contribution in [3.8, 4) is 0 Å². The third kappa shape index (κ3) is 0.627. The second kappa shape index (κ2) is 1.78. The summed E-state index contributed by atoms with van der Waals surface area (Å²) >= 11 is 0. The Hall–Kier alpha value is 0. The summed E-state index contributed by atoms with van der Waals surface area (Å²) in [5, 5.41) is 0. The van der Waals surface area contributed by atoms with Crippen LogP contribution >= 0.6 is 0 Å². The second-order valence-corrected chi connectivity index (χ2v) is 4.59. The van der Waals surface area contributed by atoms with E-state index >= 15 is 0 Å². The molecule has 0 radical (unpaired) electrons. The SMILES string of the molecule is C1CC2CC[C@@H]3CC3[C@@H]2C1. The van der Waals surface area contributed by atoms with E-state index in [2.05, 4.69) is 0 Å². The molecule has 0 bridgehead atoms. The van der Waals surface area contributed by atoms with Crippen LogP contribution in [0.2, 0.25) is 0 Å². The van der Waals surface area contributed by atoms with Gasteiger partial charge in [0.2, 0.25) is 0 Å². The summed E-state index contributed by atoms with van der Waals surface area (Å²) in [4.78, 5) is 0. The molecule has 3 saturated carbocycles. The van der Waals surface area contributed by atoms with Gasteiger partial charge in [-0.2, -0.15) is 0 Å². The van der Waals surface area contributed by atoms with E-state index in [1.807, 2.05) is 0 Å². The lowest BCUT2D eigenvalue weighted by Gasteiger charge is -2.24. The number of rotatable bonds is 0. The first-order valence-electron chi connectivity index (χ1n) is 4.95. The molecule has 4 atom stereocenters. The summed E-state index contributed by atoms with van der Waals surface area (Å²) in [5.41, 5.74) is 0. The van der Waals surface area contributed by atoms with E-state index in [1.54, 1.807) is 38.5 Å². The third-order valence-corrected chi connectivity index (χ3v) is 4.15. The fraction of sp³-hybridized carbons (Fsp3) is 1.00. The molecule has 56 valence electrons. The Morgan fingerprint density at radius 3 is 2.60 bits per heavy atom. The highest BCUT2D eigenvalue weighted by Gasteiger charge is 2.50. The van der Waals surface area contributed by atoms with Crippen molar-refractivity contribution < 1.29 is 0 Å². The van der Waals surface area contributed by atoms with Crippen LogP contribution in [-0.2, 0) is 0 Å². The maximum atomic E-state index is 1.61. The van der Waals surface area contributed by atoms with Crippen LogP contribution in [0.3, 0.4) is 0 Å². The molecule has 10 heavy (non-hydrogen) atoms. The minimum absolute atomic E-state index is 1.18. The van der Waals surface area contributed by atoms with Gasteiger partial charge in [-0.1, -0.05) is 12.8 Å². The van der Waals surface area contributed by atoms with Crippen molar-refractivity contribution in [2.75, 3.05) is 0 Å². The monoisotopic (exact) mass is 136 g/mol. The molecule has 0 heteroatoms. The van der Waals surface area contributed by atoms with Gasteiger partial charge in [0.25, 0.3) is 0 Å². The topological polar surface area (TPSA) is 0 Å². The van der Waals surface area contributed by atoms with Gasteiger partial charge in [0.05, 0.1) is 0 Å². The molecule has 3 aliphatic rings. The molecular weight excluding hydrogens is 120 g/mol. The first-order chi connectivity index (χ1) is 4.95. The maximum absolute atomic E-state index is 1.61. The molecule has 0 saturated heterocycles. The smallest absolute Gasteiger partial charge is 0.0352 e. The molecule has 0 spiro atoms. The highest BCUT2D eigenvalue weighted by molar-refractivity contribution is 5.00. The van der Waals surface area contributed by atoms with Crippen molar-refractivity contribution in [1.29, 1.82) is 0 Å². The zero-order chi connectivity index (χ0) is 6.55. The van der Waals surface area contributed by atoms with E-state index in [4.69, 9.17) is 0 Å². The van der Waals surface area contributed by atoms with Gasteiger partial charge in [0.1, 0.15) is 0 Å². The zero-order valence-corrected chi connectivity index (χ0v) is 6.55. The van der Waals surface area contributed by atoms with Crippen LogP contribution in [0.15, 0.2) is 0 Å². The van der Waals surface area contributed by atoms with Gasteiger partial charge in [-0.15, -0.1) is 0 Å². The molecule has 0 aliphatic heterocycles. The van der Waals surface area contributed by atoms with Crippen LogP contribution in [0.25, 0.3) is 0 Å². The van der Waals surface area contributed by atoms with Crippen molar-refractivity contribution in [2.45, 2.75) is 38.5 Å². The van der Waals surface area contributed by atoms with Gasteiger partial charge >= 0.3 is 0 Å². The maximum Gasteiger partial charge on any atom is -0.0352 e. The first kappa shape index (κ1) is 5.62. The van der Waals surface area contributed by atoms with Gasteiger partial charge in [-0.25, -0.2) is 0 Å². The molecule has 3 fully saturated rings. The van der Waals surface area contributed by atoms with Gasteiger partial charge in [-0.3, -0.25) is 0 Å². The lowest BCUT2D eigenvalue weighted by Crippen LogP contribution is -2.15. The van der Waals surface area contributed by atoms with Gasteiger partial charge < -0.3 is 0 Å². The van der Waals surface area contributed by atoms with E-state index in [0.717, 1.165) is 0 Å². The fourth-order valence-electron chi connectivity index (χ4n) is 3.54. The van der Waals surface area contributed by atoms with E-state index in [0.29, 0.717) is 0 Å². The van der Waals surface area contributed by atoms with Gasteiger partial charge in [-0.05, 0) is 49.4 Å². The van der Waals surface area contributed by atoms with Crippen molar-refractivity contribution in [2.24, 2.45) is 23.7 Å². The average Bonchev–Trinajstić information content (AvgIpc) is 2.60. The van der Waals surface area contributed by atoms with Crippen LogP contribution < -0.4 is 0 Å². The molecule has 0 amide bonds. The fourth-order valence-corrected chi connectivity index (χ4v) is 3.54. The Morgan fingerprint density at radius 2 is 1.60 bits per heavy atom. The Balaban J connectivity index is 1.83. The quantitative estimate of drug-likeness (QED) is 0.480. The van der Waals surface area contributed by atoms with Gasteiger partial charge in [0.15, 0.2) is 0 Å². The van der Waals surface area contributed by atoms with Crippen LogP contribution in [-0.4, -0.2) is 0 Å². The molecule has 0 N–H and O–H groups in total. The number of fused-ring (bicyclic) bond motifs is 3. The minimum Gasteiger partial charge on any atom is -0.0527 e. The van der Waals surface area contributed by atoms with E-state index < -0.39 is 0 Å². The molecule has 3 aliphatic carbocycles. The van der Waals surface area contributed by atoms with Crippen LogP contribution in [0.1, 0.15) is 38.5 Å². The first-order valence-corrected chi connectivity index (χ1v) is 4.95. The largest absolute Gasteiger partial charge is 0.0527 e. The van der Waals surface area contributed by atoms with Crippen molar-refractivity contribution in [1.82, 2.24) is 0 Å². The predicted molar refractivity (Wildman–Crippen MR) is 41.7 cm³/mol. The molecule has 0 heterocycles. The highest BCUT2D eigenvalue weighted by Crippen LogP contribution is 2.59. The molecule has 0 aromatic rings. The summed E-state index contributed by atoms with van der Waals surface area (Å²) in [6.45, 7) is 0. The molecule has 0 aromatic carbocycles. The summed E-state index contributed by atoms with van der Waals surface area (Å²) in [6, 6.07) is 0. The molecule has 3 rings (SSSR count). The van der Waals surface area contributed by atoms with Crippen LogP contribution in [0.4, 0.5) is 0 Å². The molecular formula is C10H16. The van der Waals surface area contributed by atoms with Crippen LogP contribution in [0, 0.1) is 23.7 Å². The summed E-state index contributed by atoms with van der Waals surface area (Å²) in [6.07, 6.45) is 9.51. The Kier molecular flexibility index (Phi) is 1.00. The van der Waals surface area contributed by atoms with E-state index in [9.17, 15) is 0 Å². The Morgan fingerprint density at radius 1 is 0.700 bits per heavy atom. The highest BCUT2D eigenvalue weighted by atomic mass is 14.5. The minimum atomic E-state index is 1.18. The van der Waals surface area contributed by atoms with E-state index in [1.165, 1.54) is 23.7 Å². The Labute approximate surface area is 63.0 Å². The lowest BCUT2D eigenvalue weighted by molar-refractivity contribution is 0.259. The standard InChI is InChI=1S/C10H16/c1-2-7-4-5-8-6-10(8)9(7)3-1/h7-10H,1-6H2/t7?,8-,9-,10?/m1/s1. The lowest BCUT2D eigenvalue weighted by atomic mass is 9.82. The predicted octanol–water partition coefficient (Wildman–Crippen LogP) is 2.83. The average molecular weight is 136 g/mol.